The molecule has 1 fully saturated rings. The Morgan fingerprint density at radius 3 is 2.45 bits per heavy atom. The Kier molecular flexibility index (Phi) is 6.83. The van der Waals surface area contributed by atoms with Crippen LogP contribution in [0.4, 0.5) is 10.1 Å². The molecule has 5 nitrogen and oxygen atoms in total. The molecule has 0 bridgehead atoms. The van der Waals surface area contributed by atoms with Gasteiger partial charge in [0.25, 0.3) is 5.91 Å². The summed E-state index contributed by atoms with van der Waals surface area (Å²) in [6.07, 6.45) is 1.67. The van der Waals surface area contributed by atoms with E-state index in [1.54, 1.807) is 43.5 Å². The highest BCUT2D eigenvalue weighted by Gasteiger charge is 2.32. The van der Waals surface area contributed by atoms with E-state index in [9.17, 15) is 9.18 Å². The smallest absolute Gasteiger partial charge is 0.281 e. The maximum Gasteiger partial charge on any atom is 0.281 e. The monoisotopic (exact) mass is 502 g/mol. The number of anilines is 1. The molecule has 3 aromatic rings. The SMILES string of the molecule is COc1ccc(/C=C2/NC(=S)N(c3ccc(F)cc3)C2=O)cc1COc1c(Cl)cccc1Cl. The van der Waals surface area contributed by atoms with Crippen LogP contribution in [0.5, 0.6) is 11.5 Å². The number of rotatable bonds is 6. The Hall–Kier alpha value is -3.13. The number of nitrogens with one attached hydrogen (secondary N) is 1. The average Bonchev–Trinajstić information content (AvgIpc) is 3.07. The van der Waals surface area contributed by atoms with Gasteiger partial charge >= 0.3 is 0 Å². The van der Waals surface area contributed by atoms with Crippen molar-refractivity contribution in [2.45, 2.75) is 6.61 Å². The van der Waals surface area contributed by atoms with Crippen LogP contribution in [0, 0.1) is 5.82 Å². The number of ether oxygens (including phenoxy) is 2. The van der Waals surface area contributed by atoms with Crippen LogP contribution in [0.25, 0.3) is 6.08 Å². The number of halogens is 3. The van der Waals surface area contributed by atoms with Crippen LogP contribution in [0.3, 0.4) is 0 Å². The molecule has 9 heteroatoms. The van der Waals surface area contributed by atoms with Crippen molar-refractivity contribution in [1.82, 2.24) is 5.32 Å². The first kappa shape index (κ1) is 23.0. The quantitative estimate of drug-likeness (QED) is 0.331. The molecule has 1 N–H and O–H groups in total. The number of carbonyl (C=O) groups is 1. The van der Waals surface area contributed by atoms with E-state index in [0.29, 0.717) is 27.2 Å². The van der Waals surface area contributed by atoms with E-state index in [4.69, 9.17) is 44.9 Å². The number of amides is 1. The van der Waals surface area contributed by atoms with Gasteiger partial charge < -0.3 is 14.8 Å². The first-order valence-electron chi connectivity index (χ1n) is 9.74. The van der Waals surface area contributed by atoms with Crippen LogP contribution in [0.1, 0.15) is 11.1 Å². The first-order valence-corrected chi connectivity index (χ1v) is 10.9. The lowest BCUT2D eigenvalue weighted by atomic mass is 10.1. The number of hydrogen-bond acceptors (Lipinski definition) is 4. The van der Waals surface area contributed by atoms with Crippen molar-refractivity contribution in [2.75, 3.05) is 12.0 Å². The lowest BCUT2D eigenvalue weighted by molar-refractivity contribution is -0.113. The fraction of sp³-hybridized carbons (Fsp3) is 0.0833. The summed E-state index contributed by atoms with van der Waals surface area (Å²) < 4.78 is 24.5. The van der Waals surface area contributed by atoms with E-state index in [-0.39, 0.29) is 23.3 Å². The van der Waals surface area contributed by atoms with Crippen LogP contribution in [0.15, 0.2) is 66.4 Å². The summed E-state index contributed by atoms with van der Waals surface area (Å²) in [5, 5.41) is 3.92. The van der Waals surface area contributed by atoms with Crippen molar-refractivity contribution in [2.24, 2.45) is 0 Å². The number of thiocarbonyl (C=S) groups is 1. The van der Waals surface area contributed by atoms with Crippen LogP contribution in [-0.2, 0) is 11.4 Å². The van der Waals surface area contributed by atoms with Crippen molar-refractivity contribution in [3.8, 4) is 11.5 Å². The molecule has 0 saturated carbocycles. The average molecular weight is 503 g/mol. The van der Waals surface area contributed by atoms with Crippen molar-refractivity contribution in [3.05, 3.63) is 93.4 Å². The molecular weight excluding hydrogens is 486 g/mol. The second-order valence-corrected chi connectivity index (χ2v) is 8.22. The molecule has 0 aromatic heterocycles. The molecular formula is C24H17Cl2FN2O3S. The van der Waals surface area contributed by atoms with Gasteiger partial charge in [0.15, 0.2) is 10.9 Å². The molecule has 0 aliphatic carbocycles. The predicted molar refractivity (Wildman–Crippen MR) is 131 cm³/mol. The summed E-state index contributed by atoms with van der Waals surface area (Å²) in [6, 6.07) is 16.0. The third-order valence-corrected chi connectivity index (χ3v) is 5.75. The fourth-order valence-electron chi connectivity index (χ4n) is 3.30. The molecule has 0 radical (unpaired) electrons. The Balaban J connectivity index is 1.59. The topological polar surface area (TPSA) is 50.8 Å². The van der Waals surface area contributed by atoms with Gasteiger partial charge in [-0.2, -0.15) is 0 Å². The normalized spacial score (nSPS) is 14.5. The van der Waals surface area contributed by atoms with Crippen molar-refractivity contribution in [3.63, 3.8) is 0 Å². The highest BCUT2D eigenvalue weighted by molar-refractivity contribution is 7.80. The molecule has 1 aliphatic heterocycles. The van der Waals surface area contributed by atoms with E-state index in [0.717, 1.165) is 11.1 Å². The van der Waals surface area contributed by atoms with E-state index >= 15 is 0 Å². The molecule has 4 rings (SSSR count). The number of carbonyl (C=O) groups excluding carboxylic acids is 1. The maximum atomic E-state index is 13.2. The van der Waals surface area contributed by atoms with Gasteiger partial charge in [0, 0.05) is 5.56 Å². The highest BCUT2D eigenvalue weighted by Crippen LogP contribution is 2.34. The summed E-state index contributed by atoms with van der Waals surface area (Å²) in [7, 11) is 1.56. The van der Waals surface area contributed by atoms with E-state index in [1.807, 2.05) is 6.07 Å². The van der Waals surface area contributed by atoms with Gasteiger partial charge in [-0.05, 0) is 72.4 Å². The van der Waals surface area contributed by atoms with Crippen molar-refractivity contribution < 1.29 is 18.7 Å². The number of benzene rings is 3. The molecule has 1 amide bonds. The van der Waals surface area contributed by atoms with Gasteiger partial charge in [0.05, 0.1) is 22.8 Å². The van der Waals surface area contributed by atoms with Crippen LogP contribution < -0.4 is 19.7 Å². The fourth-order valence-corrected chi connectivity index (χ4v) is 4.10. The maximum absolute atomic E-state index is 13.2. The van der Waals surface area contributed by atoms with Crippen LogP contribution >= 0.6 is 35.4 Å². The lowest BCUT2D eigenvalue weighted by Gasteiger charge is -2.13. The predicted octanol–water partition coefficient (Wildman–Crippen LogP) is 5.98. The van der Waals surface area contributed by atoms with Gasteiger partial charge in [-0.15, -0.1) is 0 Å². The Labute approximate surface area is 205 Å². The molecule has 33 heavy (non-hydrogen) atoms. The van der Waals surface area contributed by atoms with Gasteiger partial charge in [0.1, 0.15) is 23.9 Å². The summed E-state index contributed by atoms with van der Waals surface area (Å²) >= 11 is 17.7. The van der Waals surface area contributed by atoms with Gasteiger partial charge in [-0.25, -0.2) is 4.39 Å². The lowest BCUT2D eigenvalue weighted by Crippen LogP contribution is -2.30. The summed E-state index contributed by atoms with van der Waals surface area (Å²) in [4.78, 5) is 14.2. The van der Waals surface area contributed by atoms with Crippen LogP contribution in [-0.4, -0.2) is 18.1 Å². The number of nitrogens with zero attached hydrogens (tertiary/aromatic N) is 1. The number of methoxy groups -OCH3 is 1. The molecule has 1 saturated heterocycles. The van der Waals surface area contributed by atoms with Gasteiger partial charge in [0.2, 0.25) is 0 Å². The zero-order valence-corrected chi connectivity index (χ0v) is 19.6. The molecule has 1 aliphatic rings. The third kappa shape index (κ3) is 4.95. The summed E-state index contributed by atoms with van der Waals surface area (Å²) in [6.45, 7) is 0.144. The largest absolute Gasteiger partial charge is 0.496 e. The summed E-state index contributed by atoms with van der Waals surface area (Å²) in [5.41, 5.74) is 2.21. The van der Waals surface area contributed by atoms with Gasteiger partial charge in [-0.1, -0.05) is 35.3 Å². The molecule has 1 heterocycles. The van der Waals surface area contributed by atoms with Crippen molar-refractivity contribution in [1.29, 1.82) is 0 Å². The van der Waals surface area contributed by atoms with Gasteiger partial charge in [-0.3, -0.25) is 9.69 Å². The second kappa shape index (κ2) is 9.79. The second-order valence-electron chi connectivity index (χ2n) is 7.02. The number of para-hydroxylation sites is 1. The first-order chi connectivity index (χ1) is 15.9. The molecule has 0 unspecified atom stereocenters. The zero-order valence-electron chi connectivity index (χ0n) is 17.3. The van der Waals surface area contributed by atoms with E-state index in [2.05, 4.69) is 5.32 Å². The number of hydrogen-bond donors (Lipinski definition) is 1. The van der Waals surface area contributed by atoms with E-state index in [1.165, 1.54) is 29.2 Å². The molecule has 168 valence electrons. The standard InChI is InChI=1S/C24H17Cl2FN2O3S/c1-31-21-10-5-14(11-15(21)13-32-22-18(25)3-2-4-19(22)26)12-20-23(30)29(24(33)28-20)17-8-6-16(27)7-9-17/h2-12H,13H2,1H3,(H,28,33)/b20-12+. The summed E-state index contributed by atoms with van der Waals surface area (Å²) in [5.74, 6) is 0.239. The highest BCUT2D eigenvalue weighted by atomic mass is 35.5. The molecule has 0 atom stereocenters. The molecule has 3 aromatic carbocycles. The van der Waals surface area contributed by atoms with Crippen molar-refractivity contribution >= 4 is 58.2 Å². The Morgan fingerprint density at radius 1 is 1.09 bits per heavy atom. The Bertz CT molecular complexity index is 1240. The Morgan fingerprint density at radius 2 is 1.79 bits per heavy atom. The van der Waals surface area contributed by atoms with Crippen LogP contribution in [0.2, 0.25) is 10.0 Å². The molecule has 0 spiro atoms. The third-order valence-electron chi connectivity index (χ3n) is 4.87. The van der Waals surface area contributed by atoms with E-state index < -0.39 is 5.82 Å². The minimum atomic E-state index is -0.397. The zero-order chi connectivity index (χ0) is 23.5. The minimum Gasteiger partial charge on any atom is -0.496 e. The minimum absolute atomic E-state index is 0.144.